The van der Waals surface area contributed by atoms with E-state index in [-0.39, 0.29) is 26.2 Å². The van der Waals surface area contributed by atoms with Gasteiger partial charge in [-0.15, -0.1) is 0 Å². The molecule has 0 saturated carbocycles. The Labute approximate surface area is 142 Å². The molecular formula is C14H7BrCl3F3. The second-order valence-corrected chi connectivity index (χ2v) is 6.04. The van der Waals surface area contributed by atoms with E-state index in [1.54, 1.807) is 0 Å². The summed E-state index contributed by atoms with van der Waals surface area (Å²) in [6.45, 7) is 0. The maximum absolute atomic E-state index is 13.2. The molecule has 0 bridgehead atoms. The summed E-state index contributed by atoms with van der Waals surface area (Å²) in [4.78, 5) is 0. The summed E-state index contributed by atoms with van der Waals surface area (Å²) in [7, 11) is 0. The fraction of sp³-hybridized carbons (Fsp3) is 0.143. The Hall–Kier alpha value is -0.420. The van der Waals surface area contributed by atoms with Crippen molar-refractivity contribution in [2.45, 2.75) is 11.5 Å². The molecule has 0 heterocycles. The molecule has 112 valence electrons. The quantitative estimate of drug-likeness (QED) is 0.357. The van der Waals surface area contributed by atoms with Gasteiger partial charge in [0, 0.05) is 15.9 Å². The summed E-state index contributed by atoms with van der Waals surface area (Å²) >= 11 is 21.0. The van der Waals surface area contributed by atoms with Crippen LogP contribution in [0.25, 0.3) is 11.1 Å². The largest absolute Gasteiger partial charge is 0.417 e. The van der Waals surface area contributed by atoms with Crippen LogP contribution in [0.3, 0.4) is 0 Å². The first-order valence-corrected chi connectivity index (χ1v) is 7.90. The molecular weight excluding hydrogens is 411 g/mol. The topological polar surface area (TPSA) is 0 Å². The summed E-state index contributed by atoms with van der Waals surface area (Å²) in [5.41, 5.74) is 0.0943. The van der Waals surface area contributed by atoms with Crippen molar-refractivity contribution in [3.8, 4) is 11.1 Å². The average molecular weight is 418 g/mol. The van der Waals surface area contributed by atoms with Crippen LogP contribution in [-0.2, 0) is 11.5 Å². The van der Waals surface area contributed by atoms with Crippen LogP contribution in [0.15, 0.2) is 30.3 Å². The van der Waals surface area contributed by atoms with Crippen LogP contribution in [0.1, 0.15) is 11.1 Å². The van der Waals surface area contributed by atoms with Crippen molar-refractivity contribution >= 4 is 50.7 Å². The summed E-state index contributed by atoms with van der Waals surface area (Å²) < 4.78 is 39.5. The summed E-state index contributed by atoms with van der Waals surface area (Å²) in [6, 6.07) is 6.55. The van der Waals surface area contributed by atoms with Crippen LogP contribution >= 0.6 is 50.7 Å². The summed E-state index contributed by atoms with van der Waals surface area (Å²) in [5, 5.41) is 0.877. The molecule has 2 rings (SSSR count). The van der Waals surface area contributed by atoms with E-state index in [9.17, 15) is 13.2 Å². The van der Waals surface area contributed by atoms with Crippen molar-refractivity contribution in [1.82, 2.24) is 0 Å². The molecule has 2 aromatic rings. The van der Waals surface area contributed by atoms with Crippen molar-refractivity contribution in [1.29, 1.82) is 0 Å². The lowest BCUT2D eigenvalue weighted by molar-refractivity contribution is -0.137. The van der Waals surface area contributed by atoms with Gasteiger partial charge in [-0.25, -0.2) is 0 Å². The van der Waals surface area contributed by atoms with E-state index in [1.165, 1.54) is 24.3 Å². The minimum absolute atomic E-state index is 0.0250. The Balaban J connectivity index is 2.75. The third-order valence-corrected chi connectivity index (χ3v) is 4.53. The summed E-state index contributed by atoms with van der Waals surface area (Å²) in [6.07, 6.45) is -4.49. The number of hydrogen-bond donors (Lipinski definition) is 0. The first-order valence-electron chi connectivity index (χ1n) is 5.65. The molecule has 2 aromatic carbocycles. The van der Waals surface area contributed by atoms with Gasteiger partial charge in [-0.3, -0.25) is 0 Å². The van der Waals surface area contributed by atoms with Crippen LogP contribution in [0.4, 0.5) is 13.2 Å². The Morgan fingerprint density at radius 2 is 1.48 bits per heavy atom. The molecule has 0 radical (unpaired) electrons. The van der Waals surface area contributed by atoms with Crippen molar-refractivity contribution < 1.29 is 13.2 Å². The number of halogens is 7. The third kappa shape index (κ3) is 3.67. The average Bonchev–Trinajstić information content (AvgIpc) is 2.41. The molecule has 0 atom stereocenters. The highest BCUT2D eigenvalue weighted by molar-refractivity contribution is 9.08. The van der Waals surface area contributed by atoms with Gasteiger partial charge in [-0.05, 0) is 35.4 Å². The van der Waals surface area contributed by atoms with Crippen molar-refractivity contribution in [2.75, 3.05) is 0 Å². The molecule has 0 aromatic heterocycles. The van der Waals surface area contributed by atoms with Gasteiger partial charge in [0.15, 0.2) is 0 Å². The van der Waals surface area contributed by atoms with Gasteiger partial charge in [0.1, 0.15) is 0 Å². The lowest BCUT2D eigenvalue weighted by atomic mass is 9.97. The van der Waals surface area contributed by atoms with Gasteiger partial charge >= 0.3 is 6.18 Å². The zero-order valence-corrected chi connectivity index (χ0v) is 14.1. The van der Waals surface area contributed by atoms with Crippen molar-refractivity contribution in [3.05, 3.63) is 56.5 Å². The minimum atomic E-state index is -4.49. The molecule has 0 amide bonds. The first kappa shape index (κ1) is 16.9. The van der Waals surface area contributed by atoms with E-state index in [1.807, 2.05) is 0 Å². The van der Waals surface area contributed by atoms with Gasteiger partial charge < -0.3 is 0 Å². The molecule has 21 heavy (non-hydrogen) atoms. The predicted octanol–water partition coefficient (Wildman–Crippen LogP) is 7.23. The predicted molar refractivity (Wildman–Crippen MR) is 84.5 cm³/mol. The fourth-order valence-electron chi connectivity index (χ4n) is 1.87. The Morgan fingerprint density at radius 3 is 2.05 bits per heavy atom. The zero-order valence-electron chi connectivity index (χ0n) is 10.2. The molecule has 0 saturated heterocycles. The molecule has 0 fully saturated rings. The first-order chi connectivity index (χ1) is 9.74. The van der Waals surface area contributed by atoms with E-state index in [4.69, 9.17) is 34.8 Å². The SMILES string of the molecule is FC(F)(F)c1ccc(CBr)cc1-c1cc(Cl)c(Cl)cc1Cl. The van der Waals surface area contributed by atoms with Gasteiger partial charge in [0.05, 0.1) is 15.6 Å². The lowest BCUT2D eigenvalue weighted by Gasteiger charge is -2.16. The van der Waals surface area contributed by atoms with Crippen LogP contribution in [-0.4, -0.2) is 0 Å². The highest BCUT2D eigenvalue weighted by Crippen LogP contribution is 2.42. The molecule has 0 nitrogen and oxygen atoms in total. The van der Waals surface area contributed by atoms with Crippen LogP contribution in [0.5, 0.6) is 0 Å². The van der Waals surface area contributed by atoms with Crippen molar-refractivity contribution in [3.63, 3.8) is 0 Å². The van der Waals surface area contributed by atoms with Gasteiger partial charge in [0.25, 0.3) is 0 Å². The van der Waals surface area contributed by atoms with E-state index < -0.39 is 11.7 Å². The number of hydrogen-bond acceptors (Lipinski definition) is 0. The Bertz CT molecular complexity index is 684. The second kappa shape index (κ2) is 6.37. The molecule has 0 aliphatic heterocycles. The fourth-order valence-corrected chi connectivity index (χ4v) is 2.87. The Morgan fingerprint density at radius 1 is 0.857 bits per heavy atom. The number of alkyl halides is 4. The molecule has 0 spiro atoms. The summed E-state index contributed by atoms with van der Waals surface area (Å²) in [5.74, 6) is 0. The van der Waals surface area contributed by atoms with E-state index in [0.29, 0.717) is 10.9 Å². The normalized spacial score (nSPS) is 11.8. The molecule has 0 unspecified atom stereocenters. The van der Waals surface area contributed by atoms with Gasteiger partial charge in [-0.2, -0.15) is 13.2 Å². The molecule has 0 N–H and O–H groups in total. The molecule has 0 aliphatic rings. The van der Waals surface area contributed by atoms with E-state index >= 15 is 0 Å². The van der Waals surface area contributed by atoms with Gasteiger partial charge in [0.2, 0.25) is 0 Å². The zero-order chi connectivity index (χ0) is 15.8. The second-order valence-electron chi connectivity index (χ2n) is 4.26. The lowest BCUT2D eigenvalue weighted by Crippen LogP contribution is -2.07. The highest BCUT2D eigenvalue weighted by Gasteiger charge is 2.34. The smallest absolute Gasteiger partial charge is 0.166 e. The molecule has 0 aliphatic carbocycles. The third-order valence-electron chi connectivity index (χ3n) is 2.84. The van der Waals surface area contributed by atoms with E-state index in [0.717, 1.165) is 6.07 Å². The Kier molecular flexibility index (Phi) is 5.14. The van der Waals surface area contributed by atoms with Crippen LogP contribution < -0.4 is 0 Å². The number of benzene rings is 2. The van der Waals surface area contributed by atoms with Crippen LogP contribution in [0, 0.1) is 0 Å². The van der Waals surface area contributed by atoms with Gasteiger partial charge in [-0.1, -0.05) is 56.8 Å². The molecule has 7 heteroatoms. The standard InChI is InChI=1S/C14H7BrCl3F3/c15-6-7-1-2-10(14(19,20)21)8(3-7)9-4-12(17)13(18)5-11(9)16/h1-5H,6H2. The minimum Gasteiger partial charge on any atom is -0.166 e. The highest BCUT2D eigenvalue weighted by atomic mass is 79.9. The van der Waals surface area contributed by atoms with E-state index in [2.05, 4.69) is 15.9 Å². The number of rotatable bonds is 2. The maximum atomic E-state index is 13.2. The van der Waals surface area contributed by atoms with Crippen molar-refractivity contribution in [2.24, 2.45) is 0 Å². The monoisotopic (exact) mass is 416 g/mol. The maximum Gasteiger partial charge on any atom is 0.417 e. The van der Waals surface area contributed by atoms with Crippen LogP contribution in [0.2, 0.25) is 15.1 Å².